The van der Waals surface area contributed by atoms with Crippen LogP contribution in [0.25, 0.3) is 0 Å². The molecule has 2 heteroatoms. The number of hydrogen-bond acceptors (Lipinski definition) is 2. The molecule has 1 heterocycles. The van der Waals surface area contributed by atoms with Gasteiger partial charge in [-0.2, -0.15) is 0 Å². The number of nitrogens with zero attached hydrogens (tertiary/aromatic N) is 2. The highest BCUT2D eigenvalue weighted by Gasteiger charge is 2.25. The molecule has 1 rings (SSSR count). The number of piperazine rings is 1. The highest BCUT2D eigenvalue weighted by atomic mass is 15.3. The second-order valence-electron chi connectivity index (χ2n) is 5.08. The minimum Gasteiger partial charge on any atom is -0.304 e. The number of likely N-dealkylation sites (N-methyl/N-ethyl adjacent to an activating group) is 1. The van der Waals surface area contributed by atoms with E-state index in [-0.39, 0.29) is 0 Å². The van der Waals surface area contributed by atoms with Crippen molar-refractivity contribution in [2.24, 2.45) is 5.92 Å². The van der Waals surface area contributed by atoms with Crippen LogP contribution in [0.15, 0.2) is 0 Å². The summed E-state index contributed by atoms with van der Waals surface area (Å²) in [5.74, 6) is 0.855. The average Bonchev–Trinajstić information content (AvgIpc) is 2.26. The van der Waals surface area contributed by atoms with Crippen molar-refractivity contribution in [1.82, 2.24) is 9.80 Å². The van der Waals surface area contributed by atoms with Gasteiger partial charge in [0.2, 0.25) is 0 Å². The lowest BCUT2D eigenvalue weighted by Crippen LogP contribution is -2.50. The topological polar surface area (TPSA) is 6.48 Å². The van der Waals surface area contributed by atoms with Crippen LogP contribution in [-0.2, 0) is 0 Å². The van der Waals surface area contributed by atoms with E-state index in [2.05, 4.69) is 37.6 Å². The van der Waals surface area contributed by atoms with Crippen molar-refractivity contribution in [3.63, 3.8) is 0 Å². The highest BCUT2D eigenvalue weighted by Crippen LogP contribution is 2.20. The highest BCUT2D eigenvalue weighted by molar-refractivity contribution is 4.80. The van der Waals surface area contributed by atoms with Crippen molar-refractivity contribution in [3.05, 3.63) is 0 Å². The zero-order valence-electron chi connectivity index (χ0n) is 11.0. The van der Waals surface area contributed by atoms with E-state index >= 15 is 0 Å². The zero-order valence-corrected chi connectivity index (χ0v) is 11.0. The Hall–Kier alpha value is -0.0800. The quantitative estimate of drug-likeness (QED) is 0.691. The van der Waals surface area contributed by atoms with Gasteiger partial charge in [-0.25, -0.2) is 0 Å². The average molecular weight is 212 g/mol. The van der Waals surface area contributed by atoms with E-state index in [9.17, 15) is 0 Å². The third-order valence-corrected chi connectivity index (χ3v) is 3.89. The first kappa shape index (κ1) is 13.0. The molecule has 0 amide bonds. The first-order valence-corrected chi connectivity index (χ1v) is 6.61. The largest absolute Gasteiger partial charge is 0.304 e. The molecule has 1 aliphatic heterocycles. The lowest BCUT2D eigenvalue weighted by Gasteiger charge is -2.40. The Morgan fingerprint density at radius 2 is 1.67 bits per heavy atom. The van der Waals surface area contributed by atoms with Gasteiger partial charge in [-0.15, -0.1) is 0 Å². The summed E-state index contributed by atoms with van der Waals surface area (Å²) in [5.41, 5.74) is 0. The van der Waals surface area contributed by atoms with Crippen molar-refractivity contribution >= 4 is 0 Å². The van der Waals surface area contributed by atoms with Gasteiger partial charge in [0.25, 0.3) is 0 Å². The molecule has 2 atom stereocenters. The van der Waals surface area contributed by atoms with Crippen LogP contribution in [-0.4, -0.2) is 49.1 Å². The smallest absolute Gasteiger partial charge is 0.0122 e. The van der Waals surface area contributed by atoms with Crippen LogP contribution in [0, 0.1) is 5.92 Å². The van der Waals surface area contributed by atoms with Crippen LogP contribution in [0.2, 0.25) is 0 Å². The fraction of sp³-hybridized carbons (Fsp3) is 1.00. The molecular formula is C13H28N2. The lowest BCUT2D eigenvalue weighted by atomic mass is 9.93. The first-order chi connectivity index (χ1) is 7.19. The fourth-order valence-corrected chi connectivity index (χ4v) is 2.55. The van der Waals surface area contributed by atoms with Crippen molar-refractivity contribution in [2.75, 3.05) is 33.2 Å². The summed E-state index contributed by atoms with van der Waals surface area (Å²) < 4.78 is 0. The van der Waals surface area contributed by atoms with Crippen LogP contribution in [0.4, 0.5) is 0 Å². The SMILES string of the molecule is CCCC(C(C)CC)N1CCN(C)CC1. The van der Waals surface area contributed by atoms with E-state index in [4.69, 9.17) is 0 Å². The van der Waals surface area contributed by atoms with E-state index < -0.39 is 0 Å². The summed E-state index contributed by atoms with van der Waals surface area (Å²) in [6, 6.07) is 0.827. The fourth-order valence-electron chi connectivity index (χ4n) is 2.55. The Morgan fingerprint density at radius 1 is 1.07 bits per heavy atom. The second-order valence-corrected chi connectivity index (χ2v) is 5.08. The number of rotatable bonds is 5. The lowest BCUT2D eigenvalue weighted by molar-refractivity contribution is 0.0778. The maximum Gasteiger partial charge on any atom is 0.0122 e. The minimum atomic E-state index is 0.827. The maximum absolute atomic E-state index is 2.72. The zero-order chi connectivity index (χ0) is 11.3. The van der Waals surface area contributed by atoms with Gasteiger partial charge in [-0.1, -0.05) is 33.6 Å². The molecule has 1 aliphatic rings. The van der Waals surface area contributed by atoms with Crippen LogP contribution < -0.4 is 0 Å². The molecule has 15 heavy (non-hydrogen) atoms. The van der Waals surface area contributed by atoms with Crippen LogP contribution in [0.3, 0.4) is 0 Å². The summed E-state index contributed by atoms with van der Waals surface area (Å²) in [6.45, 7) is 12.1. The predicted octanol–water partition coefficient (Wildman–Crippen LogP) is 2.45. The molecule has 0 bridgehead atoms. The summed E-state index contributed by atoms with van der Waals surface area (Å²) in [5, 5.41) is 0. The van der Waals surface area contributed by atoms with Crippen molar-refractivity contribution in [2.45, 2.75) is 46.1 Å². The van der Waals surface area contributed by atoms with Crippen LogP contribution in [0.5, 0.6) is 0 Å². The molecule has 2 unspecified atom stereocenters. The third kappa shape index (κ3) is 3.76. The maximum atomic E-state index is 2.72. The predicted molar refractivity (Wildman–Crippen MR) is 67.2 cm³/mol. The van der Waals surface area contributed by atoms with Crippen LogP contribution in [0.1, 0.15) is 40.0 Å². The molecule has 90 valence electrons. The minimum absolute atomic E-state index is 0.827. The Kier molecular flexibility index (Phi) is 5.62. The summed E-state index contributed by atoms with van der Waals surface area (Å²) in [6.07, 6.45) is 4.01. The molecule has 0 N–H and O–H groups in total. The summed E-state index contributed by atoms with van der Waals surface area (Å²) >= 11 is 0. The van der Waals surface area contributed by atoms with Crippen molar-refractivity contribution in [1.29, 1.82) is 0 Å². The Morgan fingerprint density at radius 3 is 2.13 bits per heavy atom. The third-order valence-electron chi connectivity index (χ3n) is 3.89. The van der Waals surface area contributed by atoms with Gasteiger partial charge in [0.15, 0.2) is 0 Å². The van der Waals surface area contributed by atoms with Gasteiger partial charge >= 0.3 is 0 Å². The van der Waals surface area contributed by atoms with Gasteiger partial charge in [-0.05, 0) is 19.4 Å². The van der Waals surface area contributed by atoms with E-state index in [0.29, 0.717) is 0 Å². The molecule has 0 radical (unpaired) electrons. The Balaban J connectivity index is 2.47. The van der Waals surface area contributed by atoms with E-state index in [0.717, 1.165) is 12.0 Å². The van der Waals surface area contributed by atoms with Gasteiger partial charge in [0.05, 0.1) is 0 Å². The molecule has 0 aromatic carbocycles. The Labute approximate surface area is 95.6 Å². The molecule has 0 aliphatic carbocycles. The van der Waals surface area contributed by atoms with Crippen molar-refractivity contribution in [3.8, 4) is 0 Å². The van der Waals surface area contributed by atoms with E-state index in [1.165, 1.54) is 45.4 Å². The molecular weight excluding hydrogens is 184 g/mol. The molecule has 1 fully saturated rings. The molecule has 2 nitrogen and oxygen atoms in total. The van der Waals surface area contributed by atoms with Gasteiger partial charge in [0.1, 0.15) is 0 Å². The van der Waals surface area contributed by atoms with Gasteiger partial charge in [-0.3, -0.25) is 4.90 Å². The first-order valence-electron chi connectivity index (χ1n) is 6.61. The normalized spacial score (nSPS) is 24.0. The van der Waals surface area contributed by atoms with Crippen LogP contribution >= 0.6 is 0 Å². The Bertz CT molecular complexity index is 162. The van der Waals surface area contributed by atoms with E-state index in [1.807, 2.05) is 0 Å². The molecule has 0 spiro atoms. The standard InChI is InChI=1S/C13H28N2/c1-5-7-13(12(3)6-2)15-10-8-14(4)9-11-15/h12-13H,5-11H2,1-4H3. The number of hydrogen-bond donors (Lipinski definition) is 0. The van der Waals surface area contributed by atoms with Crippen molar-refractivity contribution < 1.29 is 0 Å². The second kappa shape index (κ2) is 6.49. The summed E-state index contributed by atoms with van der Waals surface area (Å²) in [4.78, 5) is 5.16. The van der Waals surface area contributed by atoms with Gasteiger partial charge < -0.3 is 4.90 Å². The molecule has 0 aromatic heterocycles. The van der Waals surface area contributed by atoms with Gasteiger partial charge in [0, 0.05) is 32.2 Å². The summed E-state index contributed by atoms with van der Waals surface area (Å²) in [7, 11) is 2.23. The molecule has 0 saturated carbocycles. The molecule has 1 saturated heterocycles. The van der Waals surface area contributed by atoms with E-state index in [1.54, 1.807) is 0 Å². The monoisotopic (exact) mass is 212 g/mol. The molecule has 0 aromatic rings.